The largest absolute Gasteiger partial charge is 0.871 e. The van der Waals surface area contributed by atoms with Gasteiger partial charge in [0.25, 0.3) is 5.69 Å². The number of thiazole rings is 1. The lowest BCUT2D eigenvalue weighted by Crippen LogP contribution is -2.33. The Bertz CT molecular complexity index is 1620. The minimum Gasteiger partial charge on any atom is -0.871 e. The molecule has 5 rings (SSSR count). The second-order valence-corrected chi connectivity index (χ2v) is 9.03. The van der Waals surface area contributed by atoms with E-state index in [1.165, 1.54) is 48.5 Å². The van der Waals surface area contributed by atoms with Crippen molar-refractivity contribution in [3.05, 3.63) is 111 Å². The van der Waals surface area contributed by atoms with Crippen molar-refractivity contribution in [2.24, 2.45) is 5.92 Å². The van der Waals surface area contributed by atoms with E-state index in [0.29, 0.717) is 10.2 Å². The van der Waals surface area contributed by atoms with Crippen molar-refractivity contribution < 1.29 is 33.9 Å². The fraction of sp³-hybridized carbons (Fsp3) is 0.0800. The molecule has 2 atom stereocenters. The summed E-state index contributed by atoms with van der Waals surface area (Å²) >= 11 is 0.925. The number of nitro groups is 1. The molecule has 0 amide bonds. The Morgan fingerprint density at radius 2 is 1.89 bits per heavy atom. The number of rotatable bonds is 7. The minimum atomic E-state index is -1.81. The monoisotopic (exact) mass is 520 g/mol. The Balaban J connectivity index is 1.56. The predicted molar refractivity (Wildman–Crippen MR) is 128 cm³/mol. The molecule has 186 valence electrons. The summed E-state index contributed by atoms with van der Waals surface area (Å²) in [4.78, 5) is 40.5. The van der Waals surface area contributed by atoms with E-state index in [1.54, 1.807) is 12.1 Å². The number of ketones is 1. The van der Waals surface area contributed by atoms with Crippen LogP contribution in [-0.4, -0.2) is 26.8 Å². The molecule has 0 spiro atoms. The van der Waals surface area contributed by atoms with Crippen LogP contribution in [0.4, 0.5) is 15.2 Å². The van der Waals surface area contributed by atoms with Crippen molar-refractivity contribution in [3.63, 3.8) is 0 Å². The van der Waals surface area contributed by atoms with Gasteiger partial charge in [0.05, 0.1) is 32.2 Å². The van der Waals surface area contributed by atoms with E-state index >= 15 is 0 Å². The Labute approximate surface area is 211 Å². The minimum absolute atomic E-state index is 0.0160. The van der Waals surface area contributed by atoms with Gasteiger partial charge in [0.15, 0.2) is 16.8 Å². The number of Topliss-reactive ketones (excluding diaryl/α,β-unsaturated/α-hetero) is 1. The molecule has 2 unspecified atom stereocenters. The van der Waals surface area contributed by atoms with E-state index in [2.05, 4.69) is 10.3 Å². The molecule has 37 heavy (non-hydrogen) atoms. The van der Waals surface area contributed by atoms with Crippen LogP contribution in [0.3, 0.4) is 0 Å². The first-order valence-electron chi connectivity index (χ1n) is 10.8. The highest BCUT2D eigenvalue weighted by molar-refractivity contribution is 7.22. The SMILES string of the molecule is O=C1OC(C(C(=O)c2ccccc2F)C([O-])=C(O)Nc2nc3ccc([N+](=O)[O-])cc3s2)c2ccccc21. The molecule has 0 aliphatic carbocycles. The molecule has 10 nitrogen and oxygen atoms in total. The van der Waals surface area contributed by atoms with Gasteiger partial charge in [-0.1, -0.05) is 47.4 Å². The lowest BCUT2D eigenvalue weighted by Gasteiger charge is -2.29. The van der Waals surface area contributed by atoms with Crippen molar-refractivity contribution in [2.45, 2.75) is 6.10 Å². The first-order valence-corrected chi connectivity index (χ1v) is 11.6. The van der Waals surface area contributed by atoms with E-state index in [4.69, 9.17) is 4.74 Å². The van der Waals surface area contributed by atoms with Gasteiger partial charge >= 0.3 is 5.97 Å². The van der Waals surface area contributed by atoms with Crippen LogP contribution in [0.15, 0.2) is 78.4 Å². The van der Waals surface area contributed by atoms with Gasteiger partial charge in [-0.15, -0.1) is 0 Å². The zero-order valence-electron chi connectivity index (χ0n) is 18.6. The molecule has 1 aromatic heterocycles. The molecule has 1 aliphatic rings. The number of fused-ring (bicyclic) bond motifs is 2. The fourth-order valence-corrected chi connectivity index (χ4v) is 4.93. The first-order chi connectivity index (χ1) is 17.7. The maximum Gasteiger partial charge on any atom is 0.339 e. The van der Waals surface area contributed by atoms with Gasteiger partial charge in [0.1, 0.15) is 11.9 Å². The number of carbonyl (C=O) groups is 2. The molecule has 1 aliphatic heterocycles. The molecule has 0 bridgehead atoms. The van der Waals surface area contributed by atoms with E-state index in [0.717, 1.165) is 17.4 Å². The lowest BCUT2D eigenvalue weighted by atomic mass is 9.86. The highest BCUT2D eigenvalue weighted by Gasteiger charge is 2.41. The normalized spacial score (nSPS) is 16.0. The predicted octanol–water partition coefficient (Wildman–Crippen LogP) is 4.25. The molecule has 2 heterocycles. The van der Waals surface area contributed by atoms with Crippen molar-refractivity contribution in [1.82, 2.24) is 4.98 Å². The maximum atomic E-state index is 14.5. The first kappa shape index (κ1) is 23.9. The Morgan fingerprint density at radius 3 is 2.65 bits per heavy atom. The van der Waals surface area contributed by atoms with Crippen LogP contribution in [0.5, 0.6) is 0 Å². The van der Waals surface area contributed by atoms with Crippen molar-refractivity contribution in [2.75, 3.05) is 5.32 Å². The summed E-state index contributed by atoms with van der Waals surface area (Å²) in [7, 11) is 0. The van der Waals surface area contributed by atoms with Gasteiger partial charge in [-0.2, -0.15) is 0 Å². The number of aliphatic hydroxyl groups is 1. The van der Waals surface area contributed by atoms with Crippen molar-refractivity contribution >= 4 is 44.1 Å². The van der Waals surface area contributed by atoms with E-state index in [9.17, 15) is 34.3 Å². The maximum absolute atomic E-state index is 14.5. The van der Waals surface area contributed by atoms with Gasteiger partial charge in [-0.05, 0) is 24.3 Å². The number of non-ortho nitro benzene ring substituents is 1. The van der Waals surface area contributed by atoms with Crippen LogP contribution in [0.25, 0.3) is 10.2 Å². The van der Waals surface area contributed by atoms with Crippen LogP contribution in [0.2, 0.25) is 0 Å². The lowest BCUT2D eigenvalue weighted by molar-refractivity contribution is -0.384. The Morgan fingerprint density at radius 1 is 1.16 bits per heavy atom. The van der Waals surface area contributed by atoms with Gasteiger partial charge in [0.2, 0.25) is 0 Å². The highest BCUT2D eigenvalue weighted by atomic mass is 32.1. The number of nitrogens with zero attached hydrogens (tertiary/aromatic N) is 2. The zero-order valence-corrected chi connectivity index (χ0v) is 19.4. The molecule has 2 N–H and O–H groups in total. The van der Waals surface area contributed by atoms with Crippen molar-refractivity contribution in [1.29, 1.82) is 0 Å². The van der Waals surface area contributed by atoms with Gasteiger partial charge in [-0.3, -0.25) is 14.9 Å². The number of aromatic nitrogens is 1. The number of hydrogen-bond donors (Lipinski definition) is 2. The summed E-state index contributed by atoms with van der Waals surface area (Å²) in [6.07, 6.45) is -1.41. The molecule has 3 aromatic carbocycles. The van der Waals surface area contributed by atoms with E-state index < -0.39 is 51.7 Å². The third-order valence-corrected chi connectivity index (χ3v) is 6.70. The quantitative estimate of drug-likeness (QED) is 0.120. The zero-order chi connectivity index (χ0) is 26.3. The summed E-state index contributed by atoms with van der Waals surface area (Å²) < 4.78 is 20.3. The number of aliphatic hydroxyl groups excluding tert-OH is 1. The van der Waals surface area contributed by atoms with E-state index in [-0.39, 0.29) is 21.9 Å². The summed E-state index contributed by atoms with van der Waals surface area (Å²) in [6.45, 7) is 0. The number of hydrogen-bond acceptors (Lipinski definition) is 10. The third-order valence-electron chi connectivity index (χ3n) is 5.77. The summed E-state index contributed by atoms with van der Waals surface area (Å²) in [5.41, 5.74) is 0.184. The topological polar surface area (TPSA) is 155 Å². The average Bonchev–Trinajstić information content (AvgIpc) is 3.44. The third kappa shape index (κ3) is 4.34. The number of benzene rings is 3. The average molecular weight is 520 g/mol. The van der Waals surface area contributed by atoms with Crippen LogP contribution in [0, 0.1) is 21.8 Å². The number of cyclic esters (lactones) is 1. The van der Waals surface area contributed by atoms with Gasteiger partial charge < -0.3 is 20.3 Å². The standard InChI is InChI=1S/C25H16FN3O7S/c26-16-8-4-3-7-15(16)20(30)19(22-13-5-1-2-6-14(13)24(33)36-22)21(31)23(32)28-25-27-17-10-9-12(29(34)35)11-18(17)37-25/h1-11,19,22,31-32H,(H,27,28)/p-1. The number of ether oxygens (including phenoxy) is 1. The van der Waals surface area contributed by atoms with E-state index in [1.807, 2.05) is 0 Å². The molecular formula is C25H15FN3O7S-. The molecular weight excluding hydrogens is 505 g/mol. The van der Waals surface area contributed by atoms with Crippen LogP contribution < -0.4 is 10.4 Å². The summed E-state index contributed by atoms with van der Waals surface area (Å²) in [5.74, 6) is -6.61. The number of anilines is 1. The Hall–Kier alpha value is -4.84. The van der Waals surface area contributed by atoms with Crippen molar-refractivity contribution in [3.8, 4) is 0 Å². The summed E-state index contributed by atoms with van der Waals surface area (Å²) in [6, 6.07) is 15.1. The van der Waals surface area contributed by atoms with Gasteiger partial charge in [0, 0.05) is 17.7 Å². The second kappa shape index (κ2) is 9.32. The number of esters is 1. The molecule has 12 heteroatoms. The number of nitrogens with one attached hydrogen (secondary N) is 1. The molecule has 0 radical (unpaired) electrons. The fourth-order valence-electron chi connectivity index (χ4n) is 4.03. The molecule has 0 saturated carbocycles. The van der Waals surface area contributed by atoms with Crippen LogP contribution in [-0.2, 0) is 4.74 Å². The smallest absolute Gasteiger partial charge is 0.339 e. The number of nitro benzene ring substituents is 1. The Kier molecular flexibility index (Phi) is 6.01. The summed E-state index contributed by atoms with van der Waals surface area (Å²) in [5, 5.41) is 37.6. The number of halogens is 1. The molecule has 0 saturated heterocycles. The van der Waals surface area contributed by atoms with Crippen LogP contribution >= 0.6 is 11.3 Å². The molecule has 0 fully saturated rings. The highest BCUT2D eigenvalue weighted by Crippen LogP contribution is 2.40. The number of carbonyl (C=O) groups excluding carboxylic acids is 2. The second-order valence-electron chi connectivity index (χ2n) is 8.00. The van der Waals surface area contributed by atoms with Crippen LogP contribution in [0.1, 0.15) is 32.4 Å². The van der Waals surface area contributed by atoms with Gasteiger partial charge in [-0.25, -0.2) is 14.2 Å². The molecule has 4 aromatic rings.